The Kier molecular flexibility index (Phi) is 3.95. The monoisotopic (exact) mass is 336 g/mol. The molecule has 24 heavy (non-hydrogen) atoms. The average Bonchev–Trinajstić information content (AvgIpc) is 2.83. The summed E-state index contributed by atoms with van der Waals surface area (Å²) in [6.07, 6.45) is 0.412. The maximum Gasteiger partial charge on any atom is 0.255 e. The highest BCUT2D eigenvalue weighted by Crippen LogP contribution is 2.36. The number of hydrogen-bond donors (Lipinski definition) is 5. The summed E-state index contributed by atoms with van der Waals surface area (Å²) >= 11 is 0. The van der Waals surface area contributed by atoms with Crippen molar-refractivity contribution in [1.29, 1.82) is 0 Å². The van der Waals surface area contributed by atoms with Gasteiger partial charge in [-0.25, -0.2) is 4.98 Å². The van der Waals surface area contributed by atoms with E-state index >= 15 is 0 Å². The molecule has 0 radical (unpaired) electrons. The van der Waals surface area contributed by atoms with Gasteiger partial charge in [-0.15, -0.1) is 0 Å². The number of anilines is 1. The van der Waals surface area contributed by atoms with Crippen LogP contribution in [0.1, 0.15) is 22.8 Å². The lowest BCUT2D eigenvalue weighted by molar-refractivity contribution is -0.354. The van der Waals surface area contributed by atoms with Crippen molar-refractivity contribution in [1.82, 2.24) is 9.55 Å². The fourth-order valence-corrected chi connectivity index (χ4v) is 3.24. The van der Waals surface area contributed by atoms with E-state index in [-0.39, 0.29) is 35.4 Å². The third-order valence-corrected chi connectivity index (χ3v) is 4.52. The number of H-pyrrole nitrogens is 1. The Hall–Kier alpha value is -2.56. The molecule has 0 aliphatic heterocycles. The van der Waals surface area contributed by atoms with Crippen molar-refractivity contribution in [3.05, 3.63) is 28.3 Å². The Labute approximate surface area is 135 Å². The van der Waals surface area contributed by atoms with Gasteiger partial charge in [0.2, 0.25) is 23.2 Å². The van der Waals surface area contributed by atoms with Crippen LogP contribution in [0.4, 0.5) is 5.82 Å². The van der Waals surface area contributed by atoms with Gasteiger partial charge in [0.1, 0.15) is 17.7 Å². The average molecular weight is 336 g/mol. The number of fused-ring (bicyclic) bond motifs is 1. The molecule has 2 aromatic heterocycles. The minimum Gasteiger partial charge on any atom is -0.396 e. The number of nitrogens with two attached hydrogens (primary N) is 2. The van der Waals surface area contributed by atoms with Crippen molar-refractivity contribution in [2.24, 2.45) is 11.7 Å². The molecule has 1 aliphatic rings. The molecule has 10 heteroatoms. The second-order valence-corrected chi connectivity index (χ2v) is 5.88. The van der Waals surface area contributed by atoms with Gasteiger partial charge < -0.3 is 26.8 Å². The largest absolute Gasteiger partial charge is 0.396 e. The van der Waals surface area contributed by atoms with Crippen LogP contribution in [0.2, 0.25) is 0 Å². The van der Waals surface area contributed by atoms with Crippen molar-refractivity contribution in [3.63, 3.8) is 0 Å². The summed E-state index contributed by atoms with van der Waals surface area (Å²) < 4.78 is 1.44. The standard InChI is InChI=1S/C14H17N5O5/c15-12-8-10(22)6(13(16)24)2-19(14(8)18-4-17-12)7-1-5(3-20)9(21)11(7)23/h2,4-5,7,9,11,20-21,23H,1,3H2,(H2,16,24)(H2,15,17,18)/p+1. The first-order valence-corrected chi connectivity index (χ1v) is 7.34. The number of primary amides is 1. The molecule has 1 fully saturated rings. The Morgan fingerprint density at radius 3 is 2.71 bits per heavy atom. The van der Waals surface area contributed by atoms with Crippen molar-refractivity contribution >= 4 is 22.8 Å². The molecule has 1 amide bonds. The first kappa shape index (κ1) is 16.3. The van der Waals surface area contributed by atoms with Gasteiger partial charge in [-0.05, 0) is 6.42 Å². The number of carbonyl (C=O) groups excluding carboxylic acids is 1. The van der Waals surface area contributed by atoms with Crippen LogP contribution in [-0.4, -0.2) is 49.6 Å². The summed E-state index contributed by atoms with van der Waals surface area (Å²) in [7, 11) is 0. The number of nitrogens with one attached hydrogen (secondary N) is 1. The molecule has 2 heterocycles. The smallest absolute Gasteiger partial charge is 0.255 e. The zero-order valence-corrected chi connectivity index (χ0v) is 12.6. The van der Waals surface area contributed by atoms with Gasteiger partial charge in [0, 0.05) is 12.5 Å². The number of hydrogen-bond acceptors (Lipinski definition) is 7. The molecule has 0 aromatic carbocycles. The van der Waals surface area contributed by atoms with E-state index in [2.05, 4.69) is 9.97 Å². The Morgan fingerprint density at radius 1 is 1.42 bits per heavy atom. The molecule has 128 valence electrons. The Bertz CT molecular complexity index is 866. The summed E-state index contributed by atoms with van der Waals surface area (Å²) in [4.78, 5) is 30.6. The van der Waals surface area contributed by atoms with Gasteiger partial charge in [-0.3, -0.25) is 14.2 Å². The second-order valence-electron chi connectivity index (χ2n) is 5.88. The van der Waals surface area contributed by atoms with Crippen molar-refractivity contribution in [3.8, 4) is 0 Å². The molecular formula is C14H18N5O5+. The first-order valence-electron chi connectivity index (χ1n) is 7.34. The van der Waals surface area contributed by atoms with Crippen molar-refractivity contribution in [2.75, 3.05) is 12.3 Å². The quantitative estimate of drug-likeness (QED) is 0.400. The van der Waals surface area contributed by atoms with Gasteiger partial charge in [-0.1, -0.05) is 4.98 Å². The number of pyridine rings is 1. The maximum absolute atomic E-state index is 12.4. The van der Waals surface area contributed by atoms with E-state index in [0.717, 1.165) is 0 Å². The highest BCUT2D eigenvalue weighted by molar-refractivity contribution is 5.97. The summed E-state index contributed by atoms with van der Waals surface area (Å²) in [5, 5.41) is 29.6. The third kappa shape index (κ3) is 2.31. The van der Waals surface area contributed by atoms with Crippen LogP contribution in [0, 0.1) is 5.92 Å². The molecule has 8 N–H and O–H groups in total. The molecule has 2 aromatic rings. The number of aromatic nitrogens is 3. The molecule has 4 atom stereocenters. The number of aromatic amines is 1. The fourth-order valence-electron chi connectivity index (χ4n) is 3.24. The van der Waals surface area contributed by atoms with Gasteiger partial charge in [0.15, 0.2) is 5.39 Å². The van der Waals surface area contributed by atoms with E-state index in [0.29, 0.717) is 0 Å². The summed E-state index contributed by atoms with van der Waals surface area (Å²) in [5.41, 5.74) is 10.3. The van der Waals surface area contributed by atoms with Crippen LogP contribution in [0.5, 0.6) is 0 Å². The minimum absolute atomic E-state index is 0.0251. The number of carbonyl (C=O) groups is 1. The van der Waals surface area contributed by atoms with E-state index in [4.69, 9.17) is 11.5 Å². The zero-order chi connectivity index (χ0) is 17.6. The molecule has 4 unspecified atom stereocenters. The topological polar surface area (TPSA) is 179 Å². The van der Waals surface area contributed by atoms with E-state index in [1.165, 1.54) is 17.1 Å². The van der Waals surface area contributed by atoms with E-state index in [1.54, 1.807) is 0 Å². The highest BCUT2D eigenvalue weighted by Gasteiger charge is 2.44. The molecule has 1 saturated carbocycles. The number of aliphatic hydroxyl groups is 3. The van der Waals surface area contributed by atoms with E-state index in [9.17, 15) is 24.9 Å². The molecule has 0 saturated heterocycles. The molecule has 10 nitrogen and oxygen atoms in total. The number of nitrogens with zero attached hydrogens (tertiary/aromatic N) is 2. The van der Waals surface area contributed by atoms with E-state index < -0.39 is 35.5 Å². The van der Waals surface area contributed by atoms with Gasteiger partial charge >= 0.3 is 0 Å². The van der Waals surface area contributed by atoms with Crippen LogP contribution >= 0.6 is 0 Å². The molecule has 0 bridgehead atoms. The number of rotatable bonds is 3. The van der Waals surface area contributed by atoms with Crippen LogP contribution in [-0.2, 0) is 0 Å². The first-order chi connectivity index (χ1) is 11.4. The van der Waals surface area contributed by atoms with Gasteiger partial charge in [0.05, 0.1) is 12.3 Å². The SMILES string of the molecule is NC(=O)c1cn(C2CC(CO)C(O)C2O)c2[nH+]cnc(N)c2c1=O. The predicted octanol–water partition coefficient (Wildman–Crippen LogP) is -2.83. The van der Waals surface area contributed by atoms with Crippen LogP contribution in [0.25, 0.3) is 11.0 Å². The second kappa shape index (κ2) is 5.82. The van der Waals surface area contributed by atoms with E-state index in [1.807, 2.05) is 0 Å². The number of amides is 1. The number of nitrogen functional groups attached to an aromatic ring is 1. The minimum atomic E-state index is -1.20. The zero-order valence-electron chi connectivity index (χ0n) is 12.6. The molecule has 3 rings (SSSR count). The summed E-state index contributed by atoms with van der Waals surface area (Å²) in [6.45, 7) is -0.303. The third-order valence-electron chi connectivity index (χ3n) is 4.52. The molecular weight excluding hydrogens is 318 g/mol. The predicted molar refractivity (Wildman–Crippen MR) is 81.7 cm³/mol. The summed E-state index contributed by atoms with van der Waals surface area (Å²) in [5.74, 6) is -1.56. The molecule has 1 aliphatic carbocycles. The highest BCUT2D eigenvalue weighted by atomic mass is 16.3. The van der Waals surface area contributed by atoms with Gasteiger partial charge in [-0.2, -0.15) is 0 Å². The summed E-state index contributed by atoms with van der Waals surface area (Å²) in [6, 6.07) is -0.684. The maximum atomic E-state index is 12.4. The molecule has 0 spiro atoms. The van der Waals surface area contributed by atoms with Crippen molar-refractivity contribution < 1.29 is 25.1 Å². The lowest BCUT2D eigenvalue weighted by Crippen LogP contribution is -2.34. The lowest BCUT2D eigenvalue weighted by atomic mass is 10.1. The Balaban J connectivity index is 2.29. The fraction of sp³-hybridized carbons (Fsp3) is 0.429. The van der Waals surface area contributed by atoms with Gasteiger partial charge in [0.25, 0.3) is 5.91 Å². The number of aliphatic hydroxyl groups excluding tert-OH is 3. The normalized spacial score (nSPS) is 26.8. The van der Waals surface area contributed by atoms with Crippen LogP contribution in [0.3, 0.4) is 0 Å². The van der Waals surface area contributed by atoms with Crippen molar-refractivity contribution in [2.45, 2.75) is 24.7 Å². The van der Waals surface area contributed by atoms with Crippen LogP contribution in [0.15, 0.2) is 17.3 Å². The Morgan fingerprint density at radius 2 is 2.12 bits per heavy atom. The van der Waals surface area contributed by atoms with Crippen LogP contribution < -0.4 is 21.9 Å². The lowest BCUT2D eigenvalue weighted by Gasteiger charge is -2.18.